The molecule has 0 aromatic carbocycles. The van der Waals surface area contributed by atoms with Crippen LogP contribution in [-0.4, -0.2) is 59.1 Å². The van der Waals surface area contributed by atoms with E-state index >= 15 is 0 Å². The van der Waals surface area contributed by atoms with Crippen LogP contribution in [0.4, 0.5) is 0 Å². The Hall–Kier alpha value is -0.610. The Morgan fingerprint density at radius 2 is 1.94 bits per heavy atom. The Morgan fingerprint density at radius 1 is 1.24 bits per heavy atom. The van der Waals surface area contributed by atoms with Crippen molar-refractivity contribution in [1.29, 1.82) is 0 Å². The fourth-order valence-corrected chi connectivity index (χ4v) is 3.37. The third-order valence-electron chi connectivity index (χ3n) is 4.77. The van der Waals surface area contributed by atoms with Crippen LogP contribution in [0.25, 0.3) is 0 Å². The SMILES string of the molecule is CC1CC(N2CCC(C(=O)O)C2C)CCN1C. The van der Waals surface area contributed by atoms with E-state index in [9.17, 15) is 4.79 Å². The smallest absolute Gasteiger partial charge is 0.308 e. The van der Waals surface area contributed by atoms with Gasteiger partial charge in [-0.3, -0.25) is 9.69 Å². The summed E-state index contributed by atoms with van der Waals surface area (Å²) < 4.78 is 0. The lowest BCUT2D eigenvalue weighted by Crippen LogP contribution is -2.49. The van der Waals surface area contributed by atoms with Crippen molar-refractivity contribution in [3.8, 4) is 0 Å². The first-order valence-corrected chi connectivity index (χ1v) is 6.69. The van der Waals surface area contributed by atoms with Crippen molar-refractivity contribution in [1.82, 2.24) is 9.80 Å². The molecule has 0 bridgehead atoms. The molecule has 2 heterocycles. The van der Waals surface area contributed by atoms with Crippen LogP contribution in [0.15, 0.2) is 0 Å². The maximum absolute atomic E-state index is 11.1. The quantitative estimate of drug-likeness (QED) is 0.789. The summed E-state index contributed by atoms with van der Waals surface area (Å²) in [6.07, 6.45) is 3.17. The van der Waals surface area contributed by atoms with Gasteiger partial charge in [-0.15, -0.1) is 0 Å². The van der Waals surface area contributed by atoms with Gasteiger partial charge < -0.3 is 10.0 Å². The van der Waals surface area contributed by atoms with Gasteiger partial charge in [0.05, 0.1) is 5.92 Å². The van der Waals surface area contributed by atoms with Crippen molar-refractivity contribution >= 4 is 5.97 Å². The Balaban J connectivity index is 1.98. The molecule has 2 saturated heterocycles. The summed E-state index contributed by atoms with van der Waals surface area (Å²) in [7, 11) is 2.17. The van der Waals surface area contributed by atoms with Crippen LogP contribution in [0.5, 0.6) is 0 Å². The molecular weight excluding hydrogens is 216 g/mol. The number of carbonyl (C=O) groups is 1. The number of hydrogen-bond donors (Lipinski definition) is 1. The van der Waals surface area contributed by atoms with Crippen LogP contribution in [0, 0.1) is 5.92 Å². The van der Waals surface area contributed by atoms with Crippen molar-refractivity contribution in [3.05, 3.63) is 0 Å². The van der Waals surface area contributed by atoms with Crippen molar-refractivity contribution in [2.24, 2.45) is 5.92 Å². The molecule has 0 amide bonds. The summed E-state index contributed by atoms with van der Waals surface area (Å²) in [5.41, 5.74) is 0. The van der Waals surface area contributed by atoms with Gasteiger partial charge in [-0.05, 0) is 53.2 Å². The van der Waals surface area contributed by atoms with Gasteiger partial charge in [0, 0.05) is 18.1 Å². The van der Waals surface area contributed by atoms with E-state index in [1.54, 1.807) is 0 Å². The van der Waals surface area contributed by atoms with Crippen LogP contribution in [0.1, 0.15) is 33.1 Å². The number of nitrogens with zero attached hydrogens (tertiary/aromatic N) is 2. The summed E-state index contributed by atoms with van der Waals surface area (Å²) in [5.74, 6) is -0.786. The molecule has 0 aromatic heterocycles. The predicted octanol–water partition coefficient (Wildman–Crippen LogP) is 1.26. The molecule has 4 unspecified atom stereocenters. The molecule has 2 aliphatic rings. The molecule has 0 spiro atoms. The zero-order valence-electron chi connectivity index (χ0n) is 11.1. The zero-order chi connectivity index (χ0) is 12.6. The van der Waals surface area contributed by atoms with E-state index in [0.717, 1.165) is 19.5 Å². The molecule has 17 heavy (non-hydrogen) atoms. The standard InChI is InChI=1S/C13H24N2O2/c1-9-8-11(4-6-14(9)3)15-7-5-12(10(15)2)13(16)17/h9-12H,4-8H2,1-3H3,(H,16,17). The average molecular weight is 240 g/mol. The predicted molar refractivity (Wildman–Crippen MR) is 67.0 cm³/mol. The molecule has 2 rings (SSSR count). The zero-order valence-corrected chi connectivity index (χ0v) is 11.1. The van der Waals surface area contributed by atoms with E-state index in [0.29, 0.717) is 12.1 Å². The second-order valence-corrected chi connectivity index (χ2v) is 5.72. The molecule has 4 heteroatoms. The molecule has 0 radical (unpaired) electrons. The minimum atomic E-state index is -0.624. The number of hydrogen-bond acceptors (Lipinski definition) is 3. The molecule has 4 nitrogen and oxygen atoms in total. The number of piperidine rings is 1. The van der Waals surface area contributed by atoms with E-state index in [-0.39, 0.29) is 12.0 Å². The number of rotatable bonds is 2. The number of carboxylic acid groups (broad SMARTS) is 1. The van der Waals surface area contributed by atoms with Crippen LogP contribution in [0.2, 0.25) is 0 Å². The minimum absolute atomic E-state index is 0.162. The normalized spacial score (nSPS) is 40.6. The van der Waals surface area contributed by atoms with Crippen molar-refractivity contribution in [2.45, 2.75) is 51.2 Å². The molecule has 1 N–H and O–H groups in total. The second kappa shape index (κ2) is 4.94. The first-order chi connectivity index (χ1) is 8.00. The van der Waals surface area contributed by atoms with E-state index in [1.807, 2.05) is 0 Å². The molecule has 2 aliphatic heterocycles. The number of aliphatic carboxylic acids is 1. The highest BCUT2D eigenvalue weighted by Crippen LogP contribution is 2.31. The van der Waals surface area contributed by atoms with Crippen LogP contribution < -0.4 is 0 Å². The number of carboxylic acids is 1. The topological polar surface area (TPSA) is 43.8 Å². The minimum Gasteiger partial charge on any atom is -0.481 e. The lowest BCUT2D eigenvalue weighted by atomic mass is 9.95. The van der Waals surface area contributed by atoms with Gasteiger partial charge in [0.15, 0.2) is 0 Å². The largest absolute Gasteiger partial charge is 0.481 e. The van der Waals surface area contributed by atoms with Crippen molar-refractivity contribution in [3.63, 3.8) is 0 Å². The molecule has 0 saturated carbocycles. The lowest BCUT2D eigenvalue weighted by Gasteiger charge is -2.41. The van der Waals surface area contributed by atoms with E-state index < -0.39 is 5.97 Å². The van der Waals surface area contributed by atoms with Gasteiger partial charge in [0.2, 0.25) is 0 Å². The highest BCUT2D eigenvalue weighted by atomic mass is 16.4. The Morgan fingerprint density at radius 3 is 2.47 bits per heavy atom. The fraction of sp³-hybridized carbons (Fsp3) is 0.923. The van der Waals surface area contributed by atoms with Crippen LogP contribution in [0.3, 0.4) is 0 Å². The molecule has 98 valence electrons. The summed E-state index contributed by atoms with van der Waals surface area (Å²) in [4.78, 5) is 15.9. The second-order valence-electron chi connectivity index (χ2n) is 5.72. The summed E-state index contributed by atoms with van der Waals surface area (Å²) in [5, 5.41) is 9.16. The van der Waals surface area contributed by atoms with Gasteiger partial charge in [0.25, 0.3) is 0 Å². The first-order valence-electron chi connectivity index (χ1n) is 6.69. The van der Waals surface area contributed by atoms with Crippen LogP contribution >= 0.6 is 0 Å². The monoisotopic (exact) mass is 240 g/mol. The van der Waals surface area contributed by atoms with Crippen molar-refractivity contribution in [2.75, 3.05) is 20.1 Å². The lowest BCUT2D eigenvalue weighted by molar-refractivity contribution is -0.142. The fourth-order valence-electron chi connectivity index (χ4n) is 3.37. The molecule has 0 aromatic rings. The maximum atomic E-state index is 11.1. The molecular formula is C13H24N2O2. The van der Waals surface area contributed by atoms with Gasteiger partial charge in [0.1, 0.15) is 0 Å². The Kier molecular flexibility index (Phi) is 3.73. The maximum Gasteiger partial charge on any atom is 0.308 e. The van der Waals surface area contributed by atoms with Gasteiger partial charge in [-0.25, -0.2) is 0 Å². The Labute approximate surface area is 104 Å². The van der Waals surface area contributed by atoms with Crippen LogP contribution in [-0.2, 0) is 4.79 Å². The number of likely N-dealkylation sites (tertiary alicyclic amines) is 2. The third-order valence-corrected chi connectivity index (χ3v) is 4.77. The molecule has 0 aliphatic carbocycles. The average Bonchev–Trinajstić information content (AvgIpc) is 2.64. The molecule has 2 fully saturated rings. The summed E-state index contributed by atoms with van der Waals surface area (Å²) in [6, 6.07) is 1.40. The summed E-state index contributed by atoms with van der Waals surface area (Å²) in [6.45, 7) is 6.43. The van der Waals surface area contributed by atoms with E-state index in [1.165, 1.54) is 12.8 Å². The highest BCUT2D eigenvalue weighted by Gasteiger charge is 2.40. The van der Waals surface area contributed by atoms with Gasteiger partial charge in [-0.2, -0.15) is 0 Å². The van der Waals surface area contributed by atoms with Crippen molar-refractivity contribution < 1.29 is 9.90 Å². The highest BCUT2D eigenvalue weighted by molar-refractivity contribution is 5.71. The van der Waals surface area contributed by atoms with E-state index in [4.69, 9.17) is 5.11 Å². The van der Waals surface area contributed by atoms with E-state index in [2.05, 4.69) is 30.7 Å². The Bertz CT molecular complexity index is 295. The molecule has 4 atom stereocenters. The van der Waals surface area contributed by atoms with Gasteiger partial charge >= 0.3 is 5.97 Å². The summed E-state index contributed by atoms with van der Waals surface area (Å²) >= 11 is 0. The first kappa shape index (κ1) is 12.8. The van der Waals surface area contributed by atoms with Gasteiger partial charge in [-0.1, -0.05) is 0 Å². The third kappa shape index (κ3) is 2.47.